The zero-order valence-electron chi connectivity index (χ0n) is 10.7. The van der Waals surface area contributed by atoms with Gasteiger partial charge in [-0.25, -0.2) is 4.98 Å². The highest BCUT2D eigenvalue weighted by molar-refractivity contribution is 9.13. The van der Waals surface area contributed by atoms with Crippen molar-refractivity contribution in [1.29, 1.82) is 0 Å². The van der Waals surface area contributed by atoms with Crippen molar-refractivity contribution in [3.63, 3.8) is 0 Å². The van der Waals surface area contributed by atoms with Crippen LogP contribution in [0.15, 0.2) is 38.6 Å². The van der Waals surface area contributed by atoms with Crippen molar-refractivity contribution in [1.82, 2.24) is 10.3 Å². The molecule has 0 aliphatic carbocycles. The molecular formula is C14H12Br2N2S2. The number of halogens is 2. The Bertz CT molecular complexity index is 683. The van der Waals surface area contributed by atoms with Gasteiger partial charge >= 0.3 is 0 Å². The standard InChI is InChI=1S/C14H12Br2N2S2/c1-17-11(7-8-6-9(15)13(16)19-8)14-18-10-4-2-3-5-12(10)20-14/h2-6,11,17H,7H2,1H3. The third kappa shape index (κ3) is 2.99. The molecule has 6 heteroatoms. The fourth-order valence-corrected chi connectivity index (χ4v) is 5.34. The molecule has 0 amide bonds. The third-order valence-electron chi connectivity index (χ3n) is 3.06. The van der Waals surface area contributed by atoms with E-state index in [1.807, 2.05) is 13.1 Å². The van der Waals surface area contributed by atoms with Gasteiger partial charge in [0, 0.05) is 15.8 Å². The lowest BCUT2D eigenvalue weighted by Crippen LogP contribution is -2.18. The van der Waals surface area contributed by atoms with Crippen LogP contribution in [0, 0.1) is 0 Å². The number of para-hydroxylation sites is 1. The van der Waals surface area contributed by atoms with E-state index in [2.05, 4.69) is 61.4 Å². The summed E-state index contributed by atoms with van der Waals surface area (Å²) in [5.74, 6) is 0. The highest BCUT2D eigenvalue weighted by atomic mass is 79.9. The summed E-state index contributed by atoms with van der Waals surface area (Å²) >= 11 is 10.6. The van der Waals surface area contributed by atoms with Crippen LogP contribution in [0.4, 0.5) is 0 Å². The maximum absolute atomic E-state index is 4.75. The van der Waals surface area contributed by atoms with Gasteiger partial charge in [0.15, 0.2) is 0 Å². The molecule has 1 aromatic carbocycles. The number of hydrogen-bond acceptors (Lipinski definition) is 4. The third-order valence-corrected chi connectivity index (χ3v) is 7.49. The summed E-state index contributed by atoms with van der Waals surface area (Å²) in [4.78, 5) is 6.08. The molecule has 0 saturated heterocycles. The number of hydrogen-bond donors (Lipinski definition) is 1. The highest BCUT2D eigenvalue weighted by Gasteiger charge is 2.17. The number of likely N-dealkylation sites (N-methyl/N-ethyl adjacent to an activating group) is 1. The van der Waals surface area contributed by atoms with E-state index in [4.69, 9.17) is 4.98 Å². The lowest BCUT2D eigenvalue weighted by molar-refractivity contribution is 0.594. The van der Waals surface area contributed by atoms with Crippen molar-refractivity contribution in [3.05, 3.63) is 48.5 Å². The van der Waals surface area contributed by atoms with Crippen molar-refractivity contribution in [2.45, 2.75) is 12.5 Å². The molecule has 0 radical (unpaired) electrons. The molecule has 0 spiro atoms. The van der Waals surface area contributed by atoms with E-state index in [1.165, 1.54) is 9.58 Å². The van der Waals surface area contributed by atoms with Crippen LogP contribution in [-0.4, -0.2) is 12.0 Å². The van der Waals surface area contributed by atoms with E-state index < -0.39 is 0 Å². The molecule has 1 N–H and O–H groups in total. The van der Waals surface area contributed by atoms with Crippen LogP contribution in [0.3, 0.4) is 0 Å². The fourth-order valence-electron chi connectivity index (χ4n) is 2.05. The minimum atomic E-state index is 0.254. The molecule has 104 valence electrons. The van der Waals surface area contributed by atoms with Gasteiger partial charge in [0.1, 0.15) is 5.01 Å². The molecule has 20 heavy (non-hydrogen) atoms. The highest BCUT2D eigenvalue weighted by Crippen LogP contribution is 2.35. The van der Waals surface area contributed by atoms with Gasteiger partial charge in [0.2, 0.25) is 0 Å². The summed E-state index contributed by atoms with van der Waals surface area (Å²) in [6.45, 7) is 0. The Kier molecular flexibility index (Phi) is 4.57. The van der Waals surface area contributed by atoms with E-state index in [0.717, 1.165) is 25.2 Å². The Balaban J connectivity index is 1.89. The summed E-state index contributed by atoms with van der Waals surface area (Å²) < 4.78 is 3.51. The van der Waals surface area contributed by atoms with Crippen LogP contribution >= 0.6 is 54.5 Å². The van der Waals surface area contributed by atoms with Gasteiger partial charge in [-0.2, -0.15) is 0 Å². The molecular weight excluding hydrogens is 420 g/mol. The number of aromatic nitrogens is 1. The van der Waals surface area contributed by atoms with Gasteiger partial charge < -0.3 is 5.32 Å². The Hall–Kier alpha value is -0.270. The van der Waals surface area contributed by atoms with Crippen LogP contribution in [0.5, 0.6) is 0 Å². The second-order valence-corrected chi connectivity index (χ2v) is 8.77. The maximum atomic E-state index is 4.75. The Morgan fingerprint density at radius 1 is 1.25 bits per heavy atom. The van der Waals surface area contributed by atoms with Crippen LogP contribution in [-0.2, 0) is 6.42 Å². The number of thiophene rings is 1. The zero-order valence-corrected chi connectivity index (χ0v) is 15.5. The van der Waals surface area contributed by atoms with Crippen LogP contribution in [0.25, 0.3) is 10.2 Å². The molecule has 3 rings (SSSR count). The smallest absolute Gasteiger partial charge is 0.111 e. The summed E-state index contributed by atoms with van der Waals surface area (Å²) in [5, 5.41) is 4.53. The molecule has 2 heterocycles. The van der Waals surface area contributed by atoms with E-state index in [1.54, 1.807) is 22.7 Å². The minimum Gasteiger partial charge on any atom is -0.311 e. The average molecular weight is 432 g/mol. The largest absolute Gasteiger partial charge is 0.311 e. The first-order valence-electron chi connectivity index (χ1n) is 6.14. The summed E-state index contributed by atoms with van der Waals surface area (Å²) in [6, 6.07) is 10.7. The van der Waals surface area contributed by atoms with Crippen LogP contribution in [0.2, 0.25) is 0 Å². The molecule has 0 aliphatic heterocycles. The number of nitrogens with one attached hydrogen (secondary N) is 1. The molecule has 3 aromatic rings. The second kappa shape index (κ2) is 6.23. The number of nitrogens with zero attached hydrogens (tertiary/aromatic N) is 1. The average Bonchev–Trinajstić information content (AvgIpc) is 3.00. The summed E-state index contributed by atoms with van der Waals surface area (Å²) in [7, 11) is 1.99. The van der Waals surface area contributed by atoms with Gasteiger partial charge in [-0.3, -0.25) is 0 Å². The van der Waals surface area contributed by atoms with Crippen molar-refractivity contribution in [3.8, 4) is 0 Å². The van der Waals surface area contributed by atoms with E-state index in [9.17, 15) is 0 Å². The van der Waals surface area contributed by atoms with Gasteiger partial charge in [0.25, 0.3) is 0 Å². The van der Waals surface area contributed by atoms with E-state index in [0.29, 0.717) is 0 Å². The van der Waals surface area contributed by atoms with Crippen molar-refractivity contribution in [2.75, 3.05) is 7.05 Å². The summed E-state index contributed by atoms with van der Waals surface area (Å²) in [6.07, 6.45) is 0.950. The predicted molar refractivity (Wildman–Crippen MR) is 94.8 cm³/mol. The minimum absolute atomic E-state index is 0.254. The number of fused-ring (bicyclic) bond motifs is 1. The van der Waals surface area contributed by atoms with Crippen molar-refractivity contribution in [2.24, 2.45) is 0 Å². The number of benzene rings is 1. The zero-order chi connectivity index (χ0) is 14.1. The molecule has 1 unspecified atom stereocenters. The molecule has 0 aliphatic rings. The Morgan fingerprint density at radius 2 is 2.05 bits per heavy atom. The quantitative estimate of drug-likeness (QED) is 0.599. The lowest BCUT2D eigenvalue weighted by Gasteiger charge is -2.11. The van der Waals surface area contributed by atoms with Gasteiger partial charge in [-0.05, 0) is 57.1 Å². The lowest BCUT2D eigenvalue weighted by atomic mass is 10.2. The Morgan fingerprint density at radius 3 is 2.70 bits per heavy atom. The molecule has 0 bridgehead atoms. The topological polar surface area (TPSA) is 24.9 Å². The van der Waals surface area contributed by atoms with Gasteiger partial charge in [-0.15, -0.1) is 22.7 Å². The Labute approximate surface area is 142 Å². The maximum Gasteiger partial charge on any atom is 0.111 e. The van der Waals surface area contributed by atoms with E-state index in [-0.39, 0.29) is 6.04 Å². The molecule has 2 aromatic heterocycles. The molecule has 0 fully saturated rings. The normalized spacial score (nSPS) is 12.9. The number of rotatable bonds is 4. The second-order valence-electron chi connectivity index (χ2n) is 4.40. The van der Waals surface area contributed by atoms with Crippen molar-refractivity contribution < 1.29 is 0 Å². The first-order chi connectivity index (χ1) is 9.67. The first-order valence-corrected chi connectivity index (χ1v) is 9.35. The number of thiazole rings is 1. The molecule has 0 saturated carbocycles. The fraction of sp³-hybridized carbons (Fsp3) is 0.214. The molecule has 2 nitrogen and oxygen atoms in total. The first kappa shape index (κ1) is 14.7. The predicted octanol–water partition coefficient (Wildman–Crippen LogP) is 5.39. The summed E-state index contributed by atoms with van der Waals surface area (Å²) in [5.41, 5.74) is 1.08. The van der Waals surface area contributed by atoms with Gasteiger partial charge in [-0.1, -0.05) is 12.1 Å². The van der Waals surface area contributed by atoms with Crippen molar-refractivity contribution >= 4 is 64.8 Å². The molecule has 1 atom stereocenters. The monoisotopic (exact) mass is 430 g/mol. The van der Waals surface area contributed by atoms with Crippen LogP contribution in [0.1, 0.15) is 15.9 Å². The SMILES string of the molecule is CNC(Cc1cc(Br)c(Br)s1)c1nc2ccccc2s1. The van der Waals surface area contributed by atoms with Gasteiger partial charge in [0.05, 0.1) is 20.0 Å². The van der Waals surface area contributed by atoms with Crippen LogP contribution < -0.4 is 5.32 Å². The van der Waals surface area contributed by atoms with E-state index >= 15 is 0 Å².